The van der Waals surface area contributed by atoms with Gasteiger partial charge in [-0.3, -0.25) is 0 Å². The van der Waals surface area contributed by atoms with E-state index in [1.807, 2.05) is 24.3 Å². The summed E-state index contributed by atoms with van der Waals surface area (Å²) in [5.74, 6) is 6.17. The Kier molecular flexibility index (Phi) is 2.06. The first-order valence-corrected chi connectivity index (χ1v) is 4.12. The first-order valence-electron chi connectivity index (χ1n) is 4.12. The second-order valence-corrected chi connectivity index (χ2v) is 2.78. The van der Waals surface area contributed by atoms with Gasteiger partial charge in [0.1, 0.15) is 11.4 Å². The Morgan fingerprint density at radius 1 is 1.36 bits per heavy atom. The van der Waals surface area contributed by atoms with Crippen molar-refractivity contribution in [3.63, 3.8) is 0 Å². The van der Waals surface area contributed by atoms with Crippen LogP contribution in [0.15, 0.2) is 30.5 Å². The van der Waals surface area contributed by atoms with Crippen LogP contribution in [0.4, 0.5) is 0 Å². The number of nitrogen functional groups attached to an aromatic ring is 1. The molecule has 2 rings (SSSR count). The number of aromatic nitrogens is 3. The summed E-state index contributed by atoms with van der Waals surface area (Å²) in [6.07, 6.45) is 1.64. The first kappa shape index (κ1) is 8.55. The molecule has 0 saturated carbocycles. The van der Waals surface area contributed by atoms with Crippen molar-refractivity contribution >= 4 is 0 Å². The Labute approximate surface area is 81.1 Å². The Morgan fingerprint density at radius 2 is 2.14 bits per heavy atom. The molecule has 2 aromatic rings. The molecule has 0 unspecified atom stereocenters. The maximum absolute atomic E-state index is 5.41. The molecule has 72 valence electrons. The molecule has 0 radical (unpaired) electrons. The van der Waals surface area contributed by atoms with Gasteiger partial charge in [0.05, 0.1) is 13.3 Å². The molecule has 5 nitrogen and oxygen atoms in total. The molecule has 0 spiro atoms. The molecule has 2 N–H and O–H groups in total. The maximum atomic E-state index is 5.41. The van der Waals surface area contributed by atoms with Crippen LogP contribution in [0.3, 0.4) is 0 Å². The minimum atomic E-state index is 0.699. The van der Waals surface area contributed by atoms with E-state index in [0.29, 0.717) is 5.69 Å². The lowest BCUT2D eigenvalue weighted by Gasteiger charge is -2.03. The molecule has 1 aromatic carbocycles. The third kappa shape index (κ3) is 1.39. The lowest BCUT2D eigenvalue weighted by molar-refractivity contribution is 0.416. The minimum absolute atomic E-state index is 0.699. The number of nitrogens with two attached hydrogens (primary N) is 1. The zero-order valence-corrected chi connectivity index (χ0v) is 7.71. The highest BCUT2D eigenvalue weighted by Gasteiger charge is 2.07. The van der Waals surface area contributed by atoms with Crippen molar-refractivity contribution in [2.75, 3.05) is 13.0 Å². The SMILES string of the molecule is COc1ccccc1-c1cn(N)nn1. The van der Waals surface area contributed by atoms with Crippen molar-refractivity contribution in [3.8, 4) is 17.0 Å². The van der Waals surface area contributed by atoms with Gasteiger partial charge in [-0.2, -0.15) is 4.79 Å². The summed E-state index contributed by atoms with van der Waals surface area (Å²) < 4.78 is 5.19. The fourth-order valence-electron chi connectivity index (χ4n) is 1.26. The van der Waals surface area contributed by atoms with Crippen molar-refractivity contribution in [3.05, 3.63) is 30.5 Å². The summed E-state index contributed by atoms with van der Waals surface area (Å²) in [7, 11) is 1.62. The number of benzene rings is 1. The Bertz CT molecular complexity index is 438. The molecule has 0 bridgehead atoms. The van der Waals surface area contributed by atoms with Gasteiger partial charge < -0.3 is 10.6 Å². The number of hydrogen-bond acceptors (Lipinski definition) is 4. The Balaban J connectivity index is 2.50. The van der Waals surface area contributed by atoms with Crippen LogP contribution in [0, 0.1) is 0 Å². The molecular formula is C9H10N4O. The number of ether oxygens (including phenoxy) is 1. The third-order valence-electron chi connectivity index (χ3n) is 1.89. The van der Waals surface area contributed by atoms with Crippen molar-refractivity contribution in [1.29, 1.82) is 0 Å². The number of rotatable bonds is 2. The van der Waals surface area contributed by atoms with Gasteiger partial charge in [-0.15, -0.1) is 5.10 Å². The largest absolute Gasteiger partial charge is 0.496 e. The smallest absolute Gasteiger partial charge is 0.128 e. The molecule has 1 heterocycles. The molecule has 1 aromatic heterocycles. The highest BCUT2D eigenvalue weighted by atomic mass is 16.5. The van der Waals surface area contributed by atoms with Gasteiger partial charge in [0.25, 0.3) is 0 Å². The van der Waals surface area contributed by atoms with Gasteiger partial charge in [-0.1, -0.05) is 12.1 Å². The van der Waals surface area contributed by atoms with E-state index < -0.39 is 0 Å². The van der Waals surface area contributed by atoms with Crippen LogP contribution in [0.1, 0.15) is 0 Å². The van der Waals surface area contributed by atoms with Gasteiger partial charge in [-0.25, -0.2) is 0 Å². The lowest BCUT2D eigenvalue weighted by Crippen LogP contribution is -2.07. The standard InChI is InChI=1S/C9H10N4O/c1-14-9-5-3-2-4-7(9)8-6-13(10)12-11-8/h2-6H,10H2,1H3. The molecule has 14 heavy (non-hydrogen) atoms. The Hall–Kier alpha value is -2.04. The van der Waals surface area contributed by atoms with Crippen molar-refractivity contribution in [2.45, 2.75) is 0 Å². The summed E-state index contributed by atoms with van der Waals surface area (Å²) in [6.45, 7) is 0. The van der Waals surface area contributed by atoms with E-state index in [4.69, 9.17) is 10.6 Å². The van der Waals surface area contributed by atoms with Gasteiger partial charge in [-0.05, 0) is 17.3 Å². The summed E-state index contributed by atoms with van der Waals surface area (Å²) in [5.41, 5.74) is 1.58. The van der Waals surface area contributed by atoms with Gasteiger partial charge in [0, 0.05) is 5.56 Å². The van der Waals surface area contributed by atoms with E-state index in [-0.39, 0.29) is 0 Å². The molecular weight excluding hydrogens is 180 g/mol. The van der Waals surface area contributed by atoms with E-state index in [1.165, 1.54) is 4.79 Å². The second-order valence-electron chi connectivity index (χ2n) is 2.78. The number of hydrogen-bond donors (Lipinski definition) is 1. The van der Waals surface area contributed by atoms with Crippen molar-refractivity contribution < 1.29 is 4.74 Å². The van der Waals surface area contributed by atoms with Crippen molar-refractivity contribution in [1.82, 2.24) is 15.1 Å². The summed E-state index contributed by atoms with van der Waals surface area (Å²) in [4.78, 5) is 1.17. The minimum Gasteiger partial charge on any atom is -0.496 e. The Morgan fingerprint density at radius 3 is 2.79 bits per heavy atom. The first-order chi connectivity index (χ1) is 6.81. The average Bonchev–Trinajstić information content (AvgIpc) is 2.65. The number of para-hydroxylation sites is 1. The molecule has 0 aliphatic carbocycles. The van der Waals surface area contributed by atoms with Gasteiger partial charge in [0.2, 0.25) is 0 Å². The van der Waals surface area contributed by atoms with Gasteiger partial charge >= 0.3 is 0 Å². The van der Waals surface area contributed by atoms with Crippen LogP contribution < -0.4 is 10.6 Å². The predicted octanol–water partition coefficient (Wildman–Crippen LogP) is 0.667. The molecule has 0 saturated heterocycles. The van der Waals surface area contributed by atoms with E-state index >= 15 is 0 Å². The highest BCUT2D eigenvalue weighted by molar-refractivity contribution is 5.65. The van der Waals surface area contributed by atoms with Crippen molar-refractivity contribution in [2.24, 2.45) is 0 Å². The van der Waals surface area contributed by atoms with Gasteiger partial charge in [0.15, 0.2) is 0 Å². The topological polar surface area (TPSA) is 66.0 Å². The summed E-state index contributed by atoms with van der Waals surface area (Å²) >= 11 is 0. The van der Waals surface area contributed by atoms with Crippen LogP contribution in [0.25, 0.3) is 11.3 Å². The van der Waals surface area contributed by atoms with E-state index in [0.717, 1.165) is 11.3 Å². The fourth-order valence-corrected chi connectivity index (χ4v) is 1.26. The predicted molar refractivity (Wildman–Crippen MR) is 52.2 cm³/mol. The van der Waals surface area contributed by atoms with Crippen LogP contribution in [-0.4, -0.2) is 22.2 Å². The highest BCUT2D eigenvalue weighted by Crippen LogP contribution is 2.26. The maximum Gasteiger partial charge on any atom is 0.128 e. The van der Waals surface area contributed by atoms with Crippen LogP contribution >= 0.6 is 0 Å². The molecule has 0 fully saturated rings. The normalized spacial score (nSPS) is 10.1. The molecule has 5 heteroatoms. The number of methoxy groups -OCH3 is 1. The lowest BCUT2D eigenvalue weighted by atomic mass is 10.1. The number of nitrogens with zero attached hydrogens (tertiary/aromatic N) is 3. The van der Waals surface area contributed by atoms with E-state index in [9.17, 15) is 0 Å². The quantitative estimate of drug-likeness (QED) is 0.707. The monoisotopic (exact) mass is 190 g/mol. The second kappa shape index (κ2) is 3.37. The van der Waals surface area contributed by atoms with E-state index in [1.54, 1.807) is 13.3 Å². The molecule has 0 atom stereocenters. The van der Waals surface area contributed by atoms with Crippen LogP contribution in [-0.2, 0) is 0 Å². The average molecular weight is 190 g/mol. The molecule has 0 aliphatic heterocycles. The summed E-state index contributed by atoms with van der Waals surface area (Å²) in [6, 6.07) is 7.58. The summed E-state index contributed by atoms with van der Waals surface area (Å²) in [5, 5.41) is 7.56. The zero-order chi connectivity index (χ0) is 9.97. The zero-order valence-electron chi connectivity index (χ0n) is 7.71. The third-order valence-corrected chi connectivity index (χ3v) is 1.89. The molecule has 0 aliphatic rings. The van der Waals surface area contributed by atoms with Crippen LogP contribution in [0.2, 0.25) is 0 Å². The van der Waals surface area contributed by atoms with E-state index in [2.05, 4.69) is 10.3 Å². The molecule has 0 amide bonds. The van der Waals surface area contributed by atoms with Crippen LogP contribution in [0.5, 0.6) is 5.75 Å². The fraction of sp³-hybridized carbons (Fsp3) is 0.111.